The minimum Gasteiger partial charge on any atom is -0.340 e. The Morgan fingerprint density at radius 3 is 2.95 bits per heavy atom. The quantitative estimate of drug-likeness (QED) is 0.822. The van der Waals surface area contributed by atoms with Crippen LogP contribution in [0.4, 0.5) is 4.79 Å². The van der Waals surface area contributed by atoms with Gasteiger partial charge in [0.25, 0.3) is 0 Å². The molecule has 2 aliphatic rings. The molecule has 1 unspecified atom stereocenters. The van der Waals surface area contributed by atoms with Crippen molar-refractivity contribution in [2.45, 2.75) is 18.9 Å². The second-order valence-corrected chi connectivity index (χ2v) is 5.99. The van der Waals surface area contributed by atoms with Crippen LogP contribution in [0.1, 0.15) is 11.3 Å². The maximum Gasteiger partial charge on any atom is 0.324 e. The lowest BCUT2D eigenvalue weighted by molar-refractivity contribution is -0.131. The lowest BCUT2D eigenvalue weighted by Gasteiger charge is -2.21. The molecule has 3 heterocycles. The molecular formula is C13H15N3O3S. The SMILES string of the molecule is O=C(Cc1cccs1)N1CCC(N2C(=O)CNC2=O)C1. The lowest BCUT2D eigenvalue weighted by atomic mass is 10.2. The molecule has 0 radical (unpaired) electrons. The van der Waals surface area contributed by atoms with Crippen molar-refractivity contribution in [3.05, 3.63) is 22.4 Å². The number of carbonyl (C=O) groups excluding carboxylic acids is 3. The van der Waals surface area contributed by atoms with Gasteiger partial charge in [-0.25, -0.2) is 4.79 Å². The van der Waals surface area contributed by atoms with E-state index < -0.39 is 0 Å². The van der Waals surface area contributed by atoms with Crippen LogP contribution in [0.25, 0.3) is 0 Å². The zero-order chi connectivity index (χ0) is 14.1. The molecule has 7 heteroatoms. The largest absolute Gasteiger partial charge is 0.340 e. The third-order valence-electron chi connectivity index (χ3n) is 3.67. The van der Waals surface area contributed by atoms with E-state index in [0.717, 1.165) is 4.88 Å². The number of thiophene rings is 1. The third kappa shape index (κ3) is 2.40. The molecule has 20 heavy (non-hydrogen) atoms. The molecule has 1 aromatic rings. The summed E-state index contributed by atoms with van der Waals surface area (Å²) in [5, 5.41) is 4.46. The smallest absolute Gasteiger partial charge is 0.324 e. The number of hydrogen-bond acceptors (Lipinski definition) is 4. The van der Waals surface area contributed by atoms with Crippen LogP contribution in [-0.4, -0.2) is 53.3 Å². The summed E-state index contributed by atoms with van der Waals surface area (Å²) in [6.45, 7) is 1.12. The highest BCUT2D eigenvalue weighted by molar-refractivity contribution is 7.10. The monoisotopic (exact) mass is 293 g/mol. The predicted molar refractivity (Wildman–Crippen MR) is 73.3 cm³/mol. The van der Waals surface area contributed by atoms with E-state index >= 15 is 0 Å². The van der Waals surface area contributed by atoms with E-state index in [2.05, 4.69) is 5.32 Å². The summed E-state index contributed by atoms with van der Waals surface area (Å²) >= 11 is 1.56. The van der Waals surface area contributed by atoms with Crippen LogP contribution in [0, 0.1) is 0 Å². The van der Waals surface area contributed by atoms with Gasteiger partial charge in [0.2, 0.25) is 11.8 Å². The Morgan fingerprint density at radius 2 is 2.30 bits per heavy atom. The van der Waals surface area contributed by atoms with Gasteiger partial charge in [0.1, 0.15) is 0 Å². The molecule has 3 rings (SSSR count). The number of nitrogens with zero attached hydrogens (tertiary/aromatic N) is 2. The van der Waals surface area contributed by atoms with Crippen molar-refractivity contribution in [1.29, 1.82) is 0 Å². The van der Waals surface area contributed by atoms with E-state index in [1.807, 2.05) is 17.5 Å². The zero-order valence-electron chi connectivity index (χ0n) is 10.9. The Hall–Kier alpha value is -1.89. The van der Waals surface area contributed by atoms with Crippen molar-refractivity contribution < 1.29 is 14.4 Å². The molecule has 0 spiro atoms. The van der Waals surface area contributed by atoms with Gasteiger partial charge in [-0.3, -0.25) is 14.5 Å². The second-order valence-electron chi connectivity index (χ2n) is 4.96. The average Bonchev–Trinajstić information content (AvgIpc) is 3.11. The fraction of sp³-hybridized carbons (Fsp3) is 0.462. The van der Waals surface area contributed by atoms with Crippen LogP contribution < -0.4 is 5.32 Å². The predicted octanol–water partition coefficient (Wildman–Crippen LogP) is 0.443. The van der Waals surface area contributed by atoms with Gasteiger partial charge >= 0.3 is 6.03 Å². The maximum absolute atomic E-state index is 12.2. The number of carbonyl (C=O) groups is 3. The van der Waals surface area contributed by atoms with E-state index in [-0.39, 0.29) is 30.4 Å². The molecule has 2 fully saturated rings. The van der Waals surface area contributed by atoms with Crippen molar-refractivity contribution in [1.82, 2.24) is 15.1 Å². The standard InChI is InChI=1S/C13H15N3O3S/c17-11(6-10-2-1-5-20-10)15-4-3-9(8-15)16-12(18)7-14-13(16)19/h1-2,5,9H,3-4,6-8H2,(H,14,19). The van der Waals surface area contributed by atoms with Crippen LogP contribution in [0.5, 0.6) is 0 Å². The third-order valence-corrected chi connectivity index (χ3v) is 4.54. The topological polar surface area (TPSA) is 69.7 Å². The lowest BCUT2D eigenvalue weighted by Crippen LogP contribution is -2.43. The maximum atomic E-state index is 12.2. The highest BCUT2D eigenvalue weighted by Crippen LogP contribution is 2.20. The van der Waals surface area contributed by atoms with Crippen LogP contribution in [0.2, 0.25) is 0 Å². The van der Waals surface area contributed by atoms with E-state index in [4.69, 9.17) is 0 Å². The Balaban J connectivity index is 1.60. The summed E-state index contributed by atoms with van der Waals surface area (Å²) in [6.07, 6.45) is 1.06. The van der Waals surface area contributed by atoms with Crippen molar-refractivity contribution in [3.8, 4) is 0 Å². The molecule has 1 N–H and O–H groups in total. The fourth-order valence-corrected chi connectivity index (χ4v) is 3.35. The van der Waals surface area contributed by atoms with E-state index in [1.165, 1.54) is 4.90 Å². The Labute approximate surface area is 120 Å². The van der Waals surface area contributed by atoms with Gasteiger partial charge in [0, 0.05) is 18.0 Å². The Kier molecular flexibility index (Phi) is 3.43. The molecule has 4 amide bonds. The number of imide groups is 1. The Bertz CT molecular complexity index is 527. The van der Waals surface area contributed by atoms with Crippen molar-refractivity contribution in [3.63, 3.8) is 0 Å². The highest BCUT2D eigenvalue weighted by Gasteiger charge is 2.39. The molecule has 1 aromatic heterocycles. The van der Waals surface area contributed by atoms with Gasteiger partial charge in [0.15, 0.2) is 0 Å². The fourth-order valence-electron chi connectivity index (χ4n) is 2.66. The minimum atomic E-state index is -0.340. The van der Waals surface area contributed by atoms with Gasteiger partial charge in [0.05, 0.1) is 19.0 Å². The van der Waals surface area contributed by atoms with Crippen molar-refractivity contribution >= 4 is 29.2 Å². The number of likely N-dealkylation sites (tertiary alicyclic amines) is 1. The summed E-state index contributed by atoms with van der Waals surface area (Å²) in [7, 11) is 0. The van der Waals surface area contributed by atoms with E-state index in [0.29, 0.717) is 25.9 Å². The molecule has 0 bridgehead atoms. The molecule has 0 saturated carbocycles. The normalized spacial score (nSPS) is 22.5. The molecular weight excluding hydrogens is 278 g/mol. The van der Waals surface area contributed by atoms with Gasteiger partial charge in [-0.1, -0.05) is 6.07 Å². The molecule has 1 atom stereocenters. The van der Waals surface area contributed by atoms with Crippen LogP contribution in [0.3, 0.4) is 0 Å². The van der Waals surface area contributed by atoms with Gasteiger partial charge < -0.3 is 10.2 Å². The summed E-state index contributed by atoms with van der Waals surface area (Å²) in [6, 6.07) is 3.34. The molecule has 0 aromatic carbocycles. The van der Waals surface area contributed by atoms with E-state index in [1.54, 1.807) is 16.2 Å². The summed E-state index contributed by atoms with van der Waals surface area (Å²) in [4.78, 5) is 39.4. The molecule has 6 nitrogen and oxygen atoms in total. The molecule has 0 aliphatic carbocycles. The minimum absolute atomic E-state index is 0.0574. The summed E-state index contributed by atoms with van der Waals surface area (Å²) in [5.74, 6) is -0.144. The van der Waals surface area contributed by atoms with Crippen molar-refractivity contribution in [2.75, 3.05) is 19.6 Å². The summed E-state index contributed by atoms with van der Waals surface area (Å²) in [5.41, 5.74) is 0. The first-order valence-electron chi connectivity index (χ1n) is 6.55. The summed E-state index contributed by atoms with van der Waals surface area (Å²) < 4.78 is 0. The Morgan fingerprint density at radius 1 is 1.45 bits per heavy atom. The van der Waals surface area contributed by atoms with Crippen molar-refractivity contribution in [2.24, 2.45) is 0 Å². The molecule has 106 valence electrons. The van der Waals surface area contributed by atoms with Crippen LogP contribution in [0.15, 0.2) is 17.5 Å². The number of nitrogens with one attached hydrogen (secondary N) is 1. The zero-order valence-corrected chi connectivity index (χ0v) is 11.7. The highest BCUT2D eigenvalue weighted by atomic mass is 32.1. The number of amides is 4. The first-order chi connectivity index (χ1) is 9.65. The second kappa shape index (κ2) is 5.24. The number of hydrogen-bond donors (Lipinski definition) is 1. The van der Waals surface area contributed by atoms with Crippen LogP contribution in [-0.2, 0) is 16.0 Å². The first kappa shape index (κ1) is 13.1. The molecule has 2 saturated heterocycles. The van der Waals surface area contributed by atoms with Gasteiger partial charge in [-0.05, 0) is 17.9 Å². The first-order valence-corrected chi connectivity index (χ1v) is 7.43. The van der Waals surface area contributed by atoms with E-state index in [9.17, 15) is 14.4 Å². The van der Waals surface area contributed by atoms with Gasteiger partial charge in [-0.2, -0.15) is 0 Å². The van der Waals surface area contributed by atoms with Gasteiger partial charge in [-0.15, -0.1) is 11.3 Å². The number of rotatable bonds is 3. The van der Waals surface area contributed by atoms with Crippen LogP contribution >= 0.6 is 11.3 Å². The average molecular weight is 293 g/mol. The number of urea groups is 1. The molecule has 2 aliphatic heterocycles.